The van der Waals surface area contributed by atoms with Crippen LogP contribution in [0.15, 0.2) is 78.9 Å². The van der Waals surface area contributed by atoms with Gasteiger partial charge in [0.05, 0.1) is 17.0 Å². The van der Waals surface area contributed by atoms with Crippen molar-refractivity contribution >= 4 is 17.5 Å². The molecule has 1 aliphatic heterocycles. The Kier molecular flexibility index (Phi) is 2.94. The number of para-hydroxylation sites is 1. The van der Waals surface area contributed by atoms with Gasteiger partial charge in [0.2, 0.25) is 11.8 Å². The second-order valence-electron chi connectivity index (χ2n) is 8.24. The van der Waals surface area contributed by atoms with E-state index in [4.69, 9.17) is 0 Å². The van der Waals surface area contributed by atoms with Crippen LogP contribution in [-0.2, 0) is 9.59 Å². The van der Waals surface area contributed by atoms with Crippen LogP contribution in [0.4, 0.5) is 5.69 Å². The summed E-state index contributed by atoms with van der Waals surface area (Å²) in [6, 6.07) is 26.0. The third kappa shape index (κ3) is 1.66. The van der Waals surface area contributed by atoms with Crippen LogP contribution in [0.25, 0.3) is 0 Å². The molecule has 0 N–H and O–H groups in total. The van der Waals surface area contributed by atoms with Crippen molar-refractivity contribution in [1.82, 2.24) is 0 Å². The number of amides is 2. The van der Waals surface area contributed by atoms with Crippen LogP contribution in [-0.4, -0.2) is 11.8 Å². The number of hydrogen-bond donors (Lipinski definition) is 0. The zero-order valence-corrected chi connectivity index (χ0v) is 15.5. The summed E-state index contributed by atoms with van der Waals surface area (Å²) in [5.41, 5.74) is 4.69. The molecule has 0 aromatic heterocycles. The monoisotopic (exact) mass is 365 g/mol. The van der Waals surface area contributed by atoms with Crippen molar-refractivity contribution in [1.29, 1.82) is 0 Å². The number of rotatable bonds is 1. The second kappa shape index (κ2) is 5.20. The molecular weight excluding hydrogens is 346 g/mol. The molecule has 1 fully saturated rings. The highest BCUT2D eigenvalue weighted by Gasteiger charge is 2.68. The van der Waals surface area contributed by atoms with Crippen molar-refractivity contribution in [2.24, 2.45) is 11.3 Å². The van der Waals surface area contributed by atoms with Gasteiger partial charge in [0.1, 0.15) is 0 Å². The highest BCUT2D eigenvalue weighted by Crippen LogP contribution is 2.67. The molecule has 0 spiro atoms. The molecule has 2 bridgehead atoms. The van der Waals surface area contributed by atoms with E-state index in [1.807, 2.05) is 61.5 Å². The molecule has 3 aromatic rings. The fourth-order valence-corrected chi connectivity index (χ4v) is 5.94. The van der Waals surface area contributed by atoms with Gasteiger partial charge >= 0.3 is 0 Å². The predicted molar refractivity (Wildman–Crippen MR) is 107 cm³/mol. The van der Waals surface area contributed by atoms with Gasteiger partial charge in [-0.2, -0.15) is 0 Å². The average molecular weight is 365 g/mol. The molecule has 0 unspecified atom stereocenters. The number of hydrogen-bond acceptors (Lipinski definition) is 2. The number of benzene rings is 3. The Bertz CT molecular complexity index is 1100. The molecule has 2 amide bonds. The van der Waals surface area contributed by atoms with Gasteiger partial charge in [0.15, 0.2) is 0 Å². The van der Waals surface area contributed by atoms with Crippen molar-refractivity contribution in [2.75, 3.05) is 4.90 Å². The molecule has 28 heavy (non-hydrogen) atoms. The smallest absolute Gasteiger partial charge is 0.241 e. The first-order valence-corrected chi connectivity index (χ1v) is 9.75. The summed E-state index contributed by atoms with van der Waals surface area (Å²) < 4.78 is 0. The minimum Gasteiger partial charge on any atom is -0.274 e. The summed E-state index contributed by atoms with van der Waals surface area (Å²) in [4.78, 5) is 28.9. The van der Waals surface area contributed by atoms with Crippen LogP contribution in [0, 0.1) is 11.3 Å². The minimum atomic E-state index is -0.764. The third-order valence-corrected chi connectivity index (χ3v) is 7.03. The summed E-state index contributed by atoms with van der Waals surface area (Å²) in [6.07, 6.45) is 0. The number of nitrogens with zero attached hydrogens (tertiary/aromatic N) is 1. The Hall–Kier alpha value is -3.20. The lowest BCUT2D eigenvalue weighted by molar-refractivity contribution is -0.128. The standard InChI is InChI=1S/C25H19NO2/c1-25-21-18-13-7-5-11-16(18)20(17-12-6-8-14-19(17)21)22(25)23(27)26(24(25)28)15-9-3-2-4-10-15/h2-14,20-22H,1H3/t20?,21?,22-,25-/m1/s1. The van der Waals surface area contributed by atoms with Gasteiger partial charge in [-0.05, 0) is 41.3 Å². The maximum absolute atomic E-state index is 13.8. The zero-order valence-electron chi connectivity index (χ0n) is 15.5. The molecular formula is C25H19NO2. The molecule has 3 heteroatoms. The lowest BCUT2D eigenvalue weighted by Crippen LogP contribution is -2.49. The molecule has 3 aromatic carbocycles. The van der Waals surface area contributed by atoms with Gasteiger partial charge < -0.3 is 0 Å². The Morgan fingerprint density at radius 3 is 1.79 bits per heavy atom. The van der Waals surface area contributed by atoms with E-state index in [1.165, 1.54) is 27.2 Å². The van der Waals surface area contributed by atoms with Gasteiger partial charge in [-0.25, -0.2) is 4.90 Å². The predicted octanol–water partition coefficient (Wildman–Crippen LogP) is 4.47. The van der Waals surface area contributed by atoms with Crippen molar-refractivity contribution in [2.45, 2.75) is 18.8 Å². The molecule has 4 aliphatic rings. The van der Waals surface area contributed by atoms with E-state index < -0.39 is 5.41 Å². The van der Waals surface area contributed by atoms with Gasteiger partial charge in [0.25, 0.3) is 0 Å². The maximum Gasteiger partial charge on any atom is 0.241 e. The molecule has 0 radical (unpaired) electrons. The summed E-state index contributed by atoms with van der Waals surface area (Å²) in [6.45, 7) is 2.00. The van der Waals surface area contributed by atoms with Gasteiger partial charge in [-0.3, -0.25) is 9.59 Å². The number of imide groups is 1. The molecule has 3 aliphatic carbocycles. The SMILES string of the molecule is C[C@]12C(=O)N(c3ccccc3)C(=O)[C@H]1C1c3ccccc3C2c2ccccc21. The van der Waals surface area contributed by atoms with Gasteiger partial charge in [-0.1, -0.05) is 66.7 Å². The molecule has 1 saturated heterocycles. The quantitative estimate of drug-likeness (QED) is 0.597. The van der Waals surface area contributed by atoms with Gasteiger partial charge in [0, 0.05) is 11.8 Å². The highest BCUT2D eigenvalue weighted by molar-refractivity contribution is 6.25. The Morgan fingerprint density at radius 2 is 1.21 bits per heavy atom. The number of carbonyl (C=O) groups is 2. The second-order valence-corrected chi connectivity index (χ2v) is 8.24. The Labute approximate surface area is 163 Å². The summed E-state index contributed by atoms with van der Waals surface area (Å²) in [7, 11) is 0. The lowest BCUT2D eigenvalue weighted by atomic mass is 9.48. The average Bonchev–Trinajstić information content (AvgIpc) is 2.95. The first kappa shape index (κ1) is 15.8. The number of carbonyl (C=O) groups excluding carboxylic acids is 2. The zero-order chi connectivity index (χ0) is 19.0. The van der Waals surface area contributed by atoms with E-state index >= 15 is 0 Å². The van der Waals surface area contributed by atoms with Crippen molar-refractivity contribution in [3.63, 3.8) is 0 Å². The molecule has 136 valence electrons. The van der Waals surface area contributed by atoms with E-state index in [0.717, 1.165) is 0 Å². The summed E-state index contributed by atoms with van der Waals surface area (Å²) in [5.74, 6) is -0.687. The molecule has 7 rings (SSSR count). The Morgan fingerprint density at radius 1 is 0.714 bits per heavy atom. The summed E-state index contributed by atoms with van der Waals surface area (Å²) >= 11 is 0. The van der Waals surface area contributed by atoms with Crippen LogP contribution in [0.2, 0.25) is 0 Å². The summed E-state index contributed by atoms with van der Waals surface area (Å²) in [5, 5.41) is 0. The third-order valence-electron chi connectivity index (χ3n) is 7.03. The van der Waals surface area contributed by atoms with E-state index in [1.54, 1.807) is 0 Å². The first-order chi connectivity index (χ1) is 13.6. The molecule has 0 saturated carbocycles. The topological polar surface area (TPSA) is 37.4 Å². The van der Waals surface area contributed by atoms with Crippen molar-refractivity contribution < 1.29 is 9.59 Å². The largest absolute Gasteiger partial charge is 0.274 e. The highest BCUT2D eigenvalue weighted by atomic mass is 16.2. The van der Waals surface area contributed by atoms with Crippen molar-refractivity contribution in [3.05, 3.63) is 101 Å². The lowest BCUT2D eigenvalue weighted by Gasteiger charge is -2.51. The maximum atomic E-state index is 13.8. The van der Waals surface area contributed by atoms with Crippen LogP contribution < -0.4 is 4.90 Å². The fraction of sp³-hybridized carbons (Fsp3) is 0.200. The van der Waals surface area contributed by atoms with Gasteiger partial charge in [-0.15, -0.1) is 0 Å². The molecule has 3 nitrogen and oxygen atoms in total. The van der Waals surface area contributed by atoms with Crippen molar-refractivity contribution in [3.8, 4) is 0 Å². The fourth-order valence-electron chi connectivity index (χ4n) is 5.94. The molecule has 2 atom stereocenters. The number of anilines is 1. The van der Waals surface area contributed by atoms with E-state index in [9.17, 15) is 9.59 Å². The van der Waals surface area contributed by atoms with Crippen LogP contribution in [0.3, 0.4) is 0 Å². The first-order valence-electron chi connectivity index (χ1n) is 9.75. The molecule has 1 heterocycles. The van der Waals surface area contributed by atoms with Crippen LogP contribution in [0.1, 0.15) is 41.0 Å². The van der Waals surface area contributed by atoms with Crippen LogP contribution in [0.5, 0.6) is 0 Å². The van der Waals surface area contributed by atoms with E-state index in [2.05, 4.69) is 24.3 Å². The Balaban J connectivity index is 1.64. The minimum absolute atomic E-state index is 0.0716. The normalized spacial score (nSPS) is 29.5. The van der Waals surface area contributed by atoms with E-state index in [-0.39, 0.29) is 29.6 Å². The van der Waals surface area contributed by atoms with E-state index in [0.29, 0.717) is 5.69 Å². The van der Waals surface area contributed by atoms with Crippen LogP contribution >= 0.6 is 0 Å².